The van der Waals surface area contributed by atoms with Crippen LogP contribution in [0.2, 0.25) is 0 Å². The minimum absolute atomic E-state index is 0.648. The Morgan fingerprint density at radius 1 is 1.56 bits per heavy atom. The van der Waals surface area contributed by atoms with Crippen LogP contribution < -0.4 is 4.90 Å². The molecule has 16 heavy (non-hydrogen) atoms. The average Bonchev–Trinajstić information content (AvgIpc) is 2.15. The molecule has 3 nitrogen and oxygen atoms in total. The Kier molecular flexibility index (Phi) is 3.68. The van der Waals surface area contributed by atoms with Crippen molar-refractivity contribution in [1.29, 1.82) is 5.26 Å². The number of hydrogen-bond acceptors (Lipinski definition) is 3. The molecule has 0 aliphatic carbocycles. The van der Waals surface area contributed by atoms with E-state index >= 15 is 0 Å². The van der Waals surface area contributed by atoms with Gasteiger partial charge in [-0.2, -0.15) is 5.26 Å². The molecule has 84 valence electrons. The van der Waals surface area contributed by atoms with Gasteiger partial charge in [-0.3, -0.25) is 4.98 Å². The maximum Gasteiger partial charge on any atom is 0.103 e. The zero-order valence-corrected chi connectivity index (χ0v) is 10.3. The first-order valence-electron chi connectivity index (χ1n) is 5.19. The molecular formula is C13H17N3. The highest BCUT2D eigenvalue weighted by atomic mass is 15.1. The summed E-state index contributed by atoms with van der Waals surface area (Å²) in [7, 11) is 1.96. The maximum atomic E-state index is 9.13. The third kappa shape index (κ3) is 2.60. The predicted octanol–water partition coefficient (Wildman–Crippen LogP) is 2.58. The molecule has 0 fully saturated rings. The van der Waals surface area contributed by atoms with Crippen LogP contribution in [-0.4, -0.2) is 18.6 Å². The van der Waals surface area contributed by atoms with Crippen LogP contribution in [0.3, 0.4) is 0 Å². The maximum absolute atomic E-state index is 9.13. The van der Waals surface area contributed by atoms with Crippen molar-refractivity contribution in [1.82, 2.24) is 4.98 Å². The highest BCUT2D eigenvalue weighted by Gasteiger charge is 2.11. The van der Waals surface area contributed by atoms with Gasteiger partial charge in [-0.15, -0.1) is 0 Å². The van der Waals surface area contributed by atoms with Crippen LogP contribution in [-0.2, 0) is 0 Å². The van der Waals surface area contributed by atoms with Gasteiger partial charge in [0.2, 0.25) is 0 Å². The molecule has 3 heteroatoms. The summed E-state index contributed by atoms with van der Waals surface area (Å²) in [4.78, 5) is 6.33. The molecule has 0 spiro atoms. The third-order valence-corrected chi connectivity index (χ3v) is 2.34. The Morgan fingerprint density at radius 3 is 2.69 bits per heavy atom. The molecule has 0 bridgehead atoms. The summed E-state index contributed by atoms with van der Waals surface area (Å²) in [6.45, 7) is 10.4. The van der Waals surface area contributed by atoms with E-state index in [4.69, 9.17) is 5.26 Å². The molecule has 0 N–H and O–H groups in total. The second-order valence-corrected chi connectivity index (χ2v) is 4.17. The van der Waals surface area contributed by atoms with Crippen molar-refractivity contribution in [2.24, 2.45) is 0 Å². The van der Waals surface area contributed by atoms with Crippen LogP contribution in [0.15, 0.2) is 18.2 Å². The van der Waals surface area contributed by atoms with Gasteiger partial charge in [-0.1, -0.05) is 12.2 Å². The molecule has 1 heterocycles. The molecule has 0 atom stereocenters. The smallest absolute Gasteiger partial charge is 0.103 e. The fraction of sp³-hybridized carbons (Fsp3) is 0.385. The van der Waals surface area contributed by atoms with Gasteiger partial charge >= 0.3 is 0 Å². The number of likely N-dealkylation sites (N-methyl/N-ethyl adjacent to an activating group) is 1. The number of pyridine rings is 1. The van der Waals surface area contributed by atoms with Gasteiger partial charge in [0.15, 0.2) is 0 Å². The molecule has 0 aliphatic rings. The lowest BCUT2D eigenvalue weighted by atomic mass is 10.1. The molecule has 0 saturated carbocycles. The van der Waals surface area contributed by atoms with Gasteiger partial charge < -0.3 is 4.90 Å². The number of aryl methyl sites for hydroxylation is 2. The molecule has 0 unspecified atom stereocenters. The monoisotopic (exact) mass is 215 g/mol. The Bertz CT molecular complexity index is 455. The standard InChI is InChI=1S/C13H17N3/c1-9(2)8-16(5)13-6-10(3)15-11(4)12(13)7-14/h6H,1,8H2,2-5H3. The van der Waals surface area contributed by atoms with E-state index in [1.807, 2.05) is 38.8 Å². The molecule has 0 amide bonds. The number of hydrogen-bond donors (Lipinski definition) is 0. The van der Waals surface area contributed by atoms with E-state index in [-0.39, 0.29) is 0 Å². The Balaban J connectivity index is 3.21. The van der Waals surface area contributed by atoms with E-state index in [0.29, 0.717) is 5.56 Å². The highest BCUT2D eigenvalue weighted by Crippen LogP contribution is 2.22. The van der Waals surface area contributed by atoms with Gasteiger partial charge in [0.1, 0.15) is 6.07 Å². The Morgan fingerprint density at radius 2 is 2.19 bits per heavy atom. The molecule has 0 aliphatic heterocycles. The quantitative estimate of drug-likeness (QED) is 0.727. The summed E-state index contributed by atoms with van der Waals surface area (Å²) in [6.07, 6.45) is 0. The zero-order chi connectivity index (χ0) is 12.3. The first-order chi connectivity index (χ1) is 7.45. The van der Waals surface area contributed by atoms with Crippen molar-refractivity contribution < 1.29 is 0 Å². The number of nitrogens with zero attached hydrogens (tertiary/aromatic N) is 3. The lowest BCUT2D eigenvalue weighted by Gasteiger charge is -2.21. The zero-order valence-electron chi connectivity index (χ0n) is 10.3. The molecule has 0 radical (unpaired) electrons. The second-order valence-electron chi connectivity index (χ2n) is 4.17. The lowest BCUT2D eigenvalue weighted by Crippen LogP contribution is -2.21. The van der Waals surface area contributed by atoms with Gasteiger partial charge in [0.25, 0.3) is 0 Å². The SMILES string of the molecule is C=C(C)CN(C)c1cc(C)nc(C)c1C#N. The van der Waals surface area contributed by atoms with Crippen LogP contribution in [0.1, 0.15) is 23.9 Å². The van der Waals surface area contributed by atoms with Crippen LogP contribution in [0.5, 0.6) is 0 Å². The van der Waals surface area contributed by atoms with E-state index < -0.39 is 0 Å². The summed E-state index contributed by atoms with van der Waals surface area (Å²) < 4.78 is 0. The van der Waals surface area contributed by atoms with Crippen LogP contribution in [0.4, 0.5) is 5.69 Å². The lowest BCUT2D eigenvalue weighted by molar-refractivity contribution is 0.966. The van der Waals surface area contributed by atoms with Crippen molar-refractivity contribution in [3.05, 3.63) is 35.2 Å². The normalized spacial score (nSPS) is 9.69. The first-order valence-corrected chi connectivity index (χ1v) is 5.19. The van der Waals surface area contributed by atoms with Crippen molar-refractivity contribution in [2.45, 2.75) is 20.8 Å². The van der Waals surface area contributed by atoms with Crippen molar-refractivity contribution in [2.75, 3.05) is 18.5 Å². The minimum Gasteiger partial charge on any atom is -0.369 e. The van der Waals surface area contributed by atoms with Crippen molar-refractivity contribution in [3.8, 4) is 6.07 Å². The summed E-state index contributed by atoms with van der Waals surface area (Å²) in [6, 6.07) is 4.15. The van der Waals surface area contributed by atoms with Crippen LogP contribution in [0.25, 0.3) is 0 Å². The largest absolute Gasteiger partial charge is 0.369 e. The summed E-state index contributed by atoms with van der Waals surface area (Å²) in [5.74, 6) is 0. The summed E-state index contributed by atoms with van der Waals surface area (Å²) in [5, 5.41) is 9.13. The van der Waals surface area contributed by atoms with E-state index in [2.05, 4.69) is 17.6 Å². The first kappa shape index (κ1) is 12.3. The molecule has 1 aromatic heterocycles. The van der Waals surface area contributed by atoms with Gasteiger partial charge in [0, 0.05) is 19.3 Å². The van der Waals surface area contributed by atoms with E-state index in [9.17, 15) is 0 Å². The minimum atomic E-state index is 0.648. The fourth-order valence-corrected chi connectivity index (χ4v) is 1.74. The number of aromatic nitrogens is 1. The van der Waals surface area contributed by atoms with Crippen LogP contribution >= 0.6 is 0 Å². The number of rotatable bonds is 3. The number of anilines is 1. The van der Waals surface area contributed by atoms with Gasteiger partial charge in [-0.25, -0.2) is 0 Å². The van der Waals surface area contributed by atoms with E-state index in [0.717, 1.165) is 29.2 Å². The molecule has 0 aromatic carbocycles. The highest BCUT2D eigenvalue weighted by molar-refractivity contribution is 5.61. The molecule has 1 rings (SSSR count). The van der Waals surface area contributed by atoms with Crippen molar-refractivity contribution in [3.63, 3.8) is 0 Å². The van der Waals surface area contributed by atoms with Gasteiger partial charge in [-0.05, 0) is 26.8 Å². The Hall–Kier alpha value is -1.82. The number of nitriles is 1. The second kappa shape index (κ2) is 4.80. The summed E-state index contributed by atoms with van der Waals surface area (Å²) in [5.41, 5.74) is 4.36. The van der Waals surface area contributed by atoms with Crippen molar-refractivity contribution >= 4 is 5.69 Å². The van der Waals surface area contributed by atoms with E-state index in [1.54, 1.807) is 0 Å². The topological polar surface area (TPSA) is 39.9 Å². The van der Waals surface area contributed by atoms with Gasteiger partial charge in [0.05, 0.1) is 16.9 Å². The molecule has 1 aromatic rings. The third-order valence-electron chi connectivity index (χ3n) is 2.34. The average molecular weight is 215 g/mol. The Labute approximate surface area is 97.0 Å². The summed E-state index contributed by atoms with van der Waals surface area (Å²) >= 11 is 0. The molecule has 0 saturated heterocycles. The predicted molar refractivity (Wildman–Crippen MR) is 66.5 cm³/mol. The van der Waals surface area contributed by atoms with E-state index in [1.165, 1.54) is 0 Å². The fourth-order valence-electron chi connectivity index (χ4n) is 1.74. The molecular weight excluding hydrogens is 198 g/mol. The van der Waals surface area contributed by atoms with Crippen LogP contribution in [0, 0.1) is 25.2 Å².